The van der Waals surface area contributed by atoms with E-state index in [-0.39, 0.29) is 17.4 Å². The van der Waals surface area contributed by atoms with E-state index in [9.17, 15) is 4.79 Å². The summed E-state index contributed by atoms with van der Waals surface area (Å²) in [6, 6.07) is 8.67. The summed E-state index contributed by atoms with van der Waals surface area (Å²) in [5, 5.41) is 0. The number of allylic oxidation sites excluding steroid dienone is 1. The van der Waals surface area contributed by atoms with Crippen molar-refractivity contribution in [1.29, 1.82) is 0 Å². The Labute approximate surface area is 181 Å². The first-order valence-corrected chi connectivity index (χ1v) is 11.3. The van der Waals surface area contributed by atoms with Gasteiger partial charge < -0.3 is 14.5 Å². The van der Waals surface area contributed by atoms with E-state index in [1.807, 2.05) is 4.90 Å². The van der Waals surface area contributed by atoms with Crippen molar-refractivity contribution < 1.29 is 9.53 Å². The summed E-state index contributed by atoms with van der Waals surface area (Å²) in [5.41, 5.74) is 4.13. The van der Waals surface area contributed by atoms with Crippen LogP contribution in [0.25, 0.3) is 0 Å². The third-order valence-electron chi connectivity index (χ3n) is 7.12. The summed E-state index contributed by atoms with van der Waals surface area (Å²) in [7, 11) is 2.18. The van der Waals surface area contributed by atoms with Crippen molar-refractivity contribution in [2.24, 2.45) is 0 Å². The Kier molecular flexibility index (Phi) is 6.19. The van der Waals surface area contributed by atoms with Crippen molar-refractivity contribution in [3.8, 4) is 0 Å². The molecule has 1 atom stereocenters. The Balaban J connectivity index is 1.32. The van der Waals surface area contributed by atoms with E-state index in [0.29, 0.717) is 13.2 Å². The molecule has 0 spiro atoms. The maximum Gasteiger partial charge on any atom is 0.239 e. The van der Waals surface area contributed by atoms with Gasteiger partial charge >= 0.3 is 0 Å². The van der Waals surface area contributed by atoms with E-state index in [2.05, 4.69) is 72.9 Å². The van der Waals surface area contributed by atoms with E-state index >= 15 is 0 Å². The number of hydrogen-bond acceptors (Lipinski definition) is 5. The van der Waals surface area contributed by atoms with Crippen LogP contribution in [0.15, 0.2) is 36.0 Å². The molecule has 0 bridgehead atoms. The predicted molar refractivity (Wildman–Crippen MR) is 121 cm³/mol. The van der Waals surface area contributed by atoms with Crippen LogP contribution < -0.4 is 4.90 Å². The quantitative estimate of drug-likeness (QED) is 0.758. The number of anilines is 1. The second-order valence-corrected chi connectivity index (χ2v) is 9.24. The van der Waals surface area contributed by atoms with E-state index in [1.54, 1.807) is 0 Å². The van der Waals surface area contributed by atoms with Crippen LogP contribution in [0.2, 0.25) is 0 Å². The second-order valence-electron chi connectivity index (χ2n) is 9.24. The number of nitrogens with zero attached hydrogens (tertiary/aromatic N) is 4. The Hall–Kier alpha value is -1.89. The number of carbonyl (C=O) groups is 1. The lowest BCUT2D eigenvalue weighted by atomic mass is 9.84. The van der Waals surface area contributed by atoms with E-state index < -0.39 is 0 Å². The van der Waals surface area contributed by atoms with Gasteiger partial charge in [0.15, 0.2) is 0 Å². The van der Waals surface area contributed by atoms with E-state index in [4.69, 9.17) is 4.74 Å². The number of para-hydroxylation sites is 1. The van der Waals surface area contributed by atoms with Crippen LogP contribution in [-0.4, -0.2) is 92.7 Å². The zero-order chi connectivity index (χ0) is 21.3. The first-order valence-electron chi connectivity index (χ1n) is 11.3. The molecule has 0 aromatic heterocycles. The lowest BCUT2D eigenvalue weighted by molar-refractivity contribution is -0.141. The minimum Gasteiger partial charge on any atom is -0.378 e. The van der Waals surface area contributed by atoms with Gasteiger partial charge in [-0.1, -0.05) is 38.1 Å². The Bertz CT molecular complexity index is 792. The summed E-state index contributed by atoms with van der Waals surface area (Å²) >= 11 is 0. The standard InChI is InChI=1S/C24H36N4O2/c1-19(23(29)28-15-17-30-18-16-28)27-13-11-26(12-14-27)10-9-22-24(2,3)20-7-5-6-8-21(20)25(22)4/h5-9,19H,10-18H2,1-4H3. The fourth-order valence-electron chi connectivity index (χ4n) is 5.13. The third-order valence-corrected chi connectivity index (χ3v) is 7.12. The van der Waals surface area contributed by atoms with Gasteiger partial charge in [0.2, 0.25) is 5.91 Å². The maximum atomic E-state index is 12.8. The SMILES string of the molecule is CC(C(=O)N1CCOCC1)N1CCN(CC=C2N(C)c3ccccc3C2(C)C)CC1. The highest BCUT2D eigenvalue weighted by atomic mass is 16.5. The molecule has 3 aliphatic rings. The van der Waals surface area contributed by atoms with Crippen molar-refractivity contribution in [3.63, 3.8) is 0 Å². The Morgan fingerprint density at radius 3 is 2.43 bits per heavy atom. The van der Waals surface area contributed by atoms with Crippen LogP contribution in [0.3, 0.4) is 0 Å². The molecule has 2 saturated heterocycles. The average Bonchev–Trinajstić information content (AvgIpc) is 2.98. The van der Waals surface area contributed by atoms with Crippen molar-refractivity contribution in [1.82, 2.24) is 14.7 Å². The Morgan fingerprint density at radius 1 is 1.10 bits per heavy atom. The van der Waals surface area contributed by atoms with Gasteiger partial charge in [0, 0.05) is 69.7 Å². The average molecular weight is 413 g/mol. The largest absolute Gasteiger partial charge is 0.378 e. The van der Waals surface area contributed by atoms with Crippen LogP contribution in [0.1, 0.15) is 26.3 Å². The van der Waals surface area contributed by atoms with Crippen LogP contribution in [0.5, 0.6) is 0 Å². The van der Waals surface area contributed by atoms with Gasteiger partial charge in [0.1, 0.15) is 0 Å². The molecule has 30 heavy (non-hydrogen) atoms. The summed E-state index contributed by atoms with van der Waals surface area (Å²) in [6.07, 6.45) is 2.40. The highest BCUT2D eigenvalue weighted by molar-refractivity contribution is 5.81. The summed E-state index contributed by atoms with van der Waals surface area (Å²) in [5.74, 6) is 0.251. The second kappa shape index (κ2) is 8.69. The van der Waals surface area contributed by atoms with Gasteiger partial charge in [-0.25, -0.2) is 0 Å². The number of hydrogen-bond donors (Lipinski definition) is 0. The highest BCUT2D eigenvalue weighted by Crippen LogP contribution is 2.46. The van der Waals surface area contributed by atoms with Crippen LogP contribution in [0, 0.1) is 0 Å². The number of morpholine rings is 1. The van der Waals surface area contributed by atoms with Crippen LogP contribution in [-0.2, 0) is 14.9 Å². The zero-order valence-corrected chi connectivity index (χ0v) is 18.9. The maximum absolute atomic E-state index is 12.8. The molecule has 6 heteroatoms. The first kappa shape index (κ1) is 21.3. The molecule has 2 fully saturated rings. The molecule has 1 amide bonds. The van der Waals surface area contributed by atoms with Gasteiger partial charge in [-0.05, 0) is 18.6 Å². The van der Waals surface area contributed by atoms with Crippen LogP contribution in [0.4, 0.5) is 5.69 Å². The van der Waals surface area contributed by atoms with Gasteiger partial charge in [-0.15, -0.1) is 0 Å². The molecule has 164 valence electrons. The van der Waals surface area contributed by atoms with Gasteiger partial charge in [-0.3, -0.25) is 14.6 Å². The zero-order valence-electron chi connectivity index (χ0n) is 18.9. The number of rotatable bonds is 4. The lowest BCUT2D eigenvalue weighted by Gasteiger charge is -2.39. The van der Waals surface area contributed by atoms with Gasteiger partial charge in [0.25, 0.3) is 0 Å². The van der Waals surface area contributed by atoms with Crippen molar-refractivity contribution in [2.45, 2.75) is 32.2 Å². The molecule has 1 unspecified atom stereocenters. The lowest BCUT2D eigenvalue weighted by Crippen LogP contribution is -2.55. The minimum atomic E-state index is -0.0435. The topological polar surface area (TPSA) is 39.3 Å². The summed E-state index contributed by atoms with van der Waals surface area (Å²) in [6.45, 7) is 14.3. The van der Waals surface area contributed by atoms with Crippen LogP contribution >= 0.6 is 0 Å². The molecule has 6 nitrogen and oxygen atoms in total. The smallest absolute Gasteiger partial charge is 0.239 e. The number of fused-ring (bicyclic) bond motifs is 1. The monoisotopic (exact) mass is 412 g/mol. The van der Waals surface area contributed by atoms with Crippen molar-refractivity contribution in [3.05, 3.63) is 41.6 Å². The van der Waals surface area contributed by atoms with Gasteiger partial charge in [0.05, 0.1) is 19.3 Å². The molecular weight excluding hydrogens is 376 g/mol. The predicted octanol–water partition coefficient (Wildman–Crippen LogP) is 2.16. The fraction of sp³-hybridized carbons (Fsp3) is 0.625. The number of ether oxygens (including phenoxy) is 1. The molecule has 4 rings (SSSR count). The molecular formula is C24H36N4O2. The molecule has 1 aromatic carbocycles. The molecule has 1 aromatic rings. The number of likely N-dealkylation sites (N-methyl/N-ethyl adjacent to an activating group) is 1. The van der Waals surface area contributed by atoms with E-state index in [0.717, 1.165) is 45.8 Å². The number of benzene rings is 1. The fourth-order valence-corrected chi connectivity index (χ4v) is 5.13. The molecule has 0 N–H and O–H groups in total. The van der Waals surface area contributed by atoms with Gasteiger partial charge in [-0.2, -0.15) is 0 Å². The number of piperazine rings is 1. The number of carbonyl (C=O) groups excluding carboxylic acids is 1. The normalized spacial score (nSPS) is 24.9. The molecule has 0 aliphatic carbocycles. The molecule has 0 radical (unpaired) electrons. The van der Waals surface area contributed by atoms with E-state index in [1.165, 1.54) is 16.9 Å². The number of amides is 1. The Morgan fingerprint density at radius 2 is 1.77 bits per heavy atom. The minimum absolute atomic E-state index is 0.0340. The summed E-state index contributed by atoms with van der Waals surface area (Å²) < 4.78 is 5.38. The first-order chi connectivity index (χ1) is 14.4. The van der Waals surface area contributed by atoms with Crippen molar-refractivity contribution in [2.75, 3.05) is 71.0 Å². The third kappa shape index (κ3) is 4.01. The highest BCUT2D eigenvalue weighted by Gasteiger charge is 2.38. The summed E-state index contributed by atoms with van der Waals surface area (Å²) in [4.78, 5) is 21.9. The molecule has 3 aliphatic heterocycles. The van der Waals surface area contributed by atoms with Crippen molar-refractivity contribution >= 4 is 11.6 Å². The molecule has 0 saturated carbocycles. The molecule has 3 heterocycles.